The first kappa shape index (κ1) is 16.5. The summed E-state index contributed by atoms with van der Waals surface area (Å²) in [5.41, 5.74) is 6.30. The number of sulfonamides is 1. The van der Waals surface area contributed by atoms with Crippen molar-refractivity contribution in [3.8, 4) is 0 Å². The van der Waals surface area contributed by atoms with E-state index in [1.165, 1.54) is 0 Å². The monoisotopic (exact) mass is 299 g/mol. The SMILES string of the molecule is Cc1ccc(C)c(S(=O)(=O)NCC(C)(C)/C(N)=N/O)c1. The Hall–Kier alpha value is -1.60. The average Bonchev–Trinajstić information content (AvgIpc) is 2.38. The Labute approximate surface area is 119 Å². The summed E-state index contributed by atoms with van der Waals surface area (Å²) in [7, 11) is -3.63. The van der Waals surface area contributed by atoms with E-state index in [0.29, 0.717) is 5.56 Å². The molecule has 112 valence electrons. The van der Waals surface area contributed by atoms with Gasteiger partial charge in [0.15, 0.2) is 0 Å². The molecule has 0 aliphatic carbocycles. The molecular formula is C13H21N3O3S. The summed E-state index contributed by atoms with van der Waals surface area (Å²) in [4.78, 5) is 0.243. The summed E-state index contributed by atoms with van der Waals surface area (Å²) in [5, 5.41) is 11.6. The van der Waals surface area contributed by atoms with Crippen LogP contribution in [0.3, 0.4) is 0 Å². The lowest BCUT2D eigenvalue weighted by Crippen LogP contribution is -2.42. The maximum absolute atomic E-state index is 12.3. The first-order chi connectivity index (χ1) is 9.10. The Morgan fingerprint density at radius 2 is 2.00 bits per heavy atom. The fourth-order valence-electron chi connectivity index (χ4n) is 1.58. The first-order valence-corrected chi connectivity index (χ1v) is 7.63. The zero-order valence-electron chi connectivity index (χ0n) is 12.1. The highest BCUT2D eigenvalue weighted by molar-refractivity contribution is 7.89. The van der Waals surface area contributed by atoms with Gasteiger partial charge in [0.2, 0.25) is 10.0 Å². The summed E-state index contributed by atoms with van der Waals surface area (Å²) in [6, 6.07) is 5.24. The standard InChI is InChI=1S/C13H21N3O3S/c1-9-5-6-10(2)11(7-9)20(18,19)15-8-13(3,4)12(14)16-17/h5-7,15,17H,8H2,1-4H3,(H2,14,16). The van der Waals surface area contributed by atoms with Crippen LogP contribution < -0.4 is 10.5 Å². The molecule has 0 aromatic heterocycles. The fraction of sp³-hybridized carbons (Fsp3) is 0.462. The van der Waals surface area contributed by atoms with Crippen molar-refractivity contribution in [3.05, 3.63) is 29.3 Å². The molecule has 0 atom stereocenters. The molecule has 1 rings (SSSR count). The van der Waals surface area contributed by atoms with Gasteiger partial charge in [-0.05, 0) is 31.0 Å². The third-order valence-electron chi connectivity index (χ3n) is 3.14. The van der Waals surface area contributed by atoms with Crippen molar-refractivity contribution in [2.75, 3.05) is 6.54 Å². The van der Waals surface area contributed by atoms with Crippen molar-refractivity contribution < 1.29 is 13.6 Å². The molecule has 7 heteroatoms. The number of nitrogens with zero attached hydrogens (tertiary/aromatic N) is 1. The number of rotatable bonds is 5. The van der Waals surface area contributed by atoms with Crippen LogP contribution in [0.4, 0.5) is 0 Å². The minimum Gasteiger partial charge on any atom is -0.409 e. The van der Waals surface area contributed by atoms with Gasteiger partial charge >= 0.3 is 0 Å². The number of amidine groups is 1. The molecular weight excluding hydrogens is 278 g/mol. The van der Waals surface area contributed by atoms with Crippen LogP contribution in [0, 0.1) is 19.3 Å². The predicted molar refractivity (Wildman–Crippen MR) is 78.3 cm³/mol. The molecule has 0 saturated heterocycles. The summed E-state index contributed by atoms with van der Waals surface area (Å²) >= 11 is 0. The van der Waals surface area contributed by atoms with Gasteiger partial charge in [0.25, 0.3) is 0 Å². The molecule has 0 fully saturated rings. The third kappa shape index (κ3) is 3.71. The van der Waals surface area contributed by atoms with Gasteiger partial charge in [0.1, 0.15) is 5.84 Å². The minimum atomic E-state index is -3.63. The molecule has 1 aromatic carbocycles. The molecule has 4 N–H and O–H groups in total. The van der Waals surface area contributed by atoms with E-state index in [9.17, 15) is 8.42 Å². The van der Waals surface area contributed by atoms with Crippen molar-refractivity contribution in [1.82, 2.24) is 4.72 Å². The van der Waals surface area contributed by atoms with E-state index in [-0.39, 0.29) is 17.3 Å². The van der Waals surface area contributed by atoms with E-state index >= 15 is 0 Å². The highest BCUT2D eigenvalue weighted by atomic mass is 32.2. The van der Waals surface area contributed by atoms with Gasteiger partial charge in [-0.25, -0.2) is 13.1 Å². The normalized spacial score (nSPS) is 13.5. The molecule has 0 amide bonds. The molecule has 6 nitrogen and oxygen atoms in total. The number of nitrogens with one attached hydrogen (secondary N) is 1. The van der Waals surface area contributed by atoms with E-state index in [1.54, 1.807) is 32.9 Å². The molecule has 20 heavy (non-hydrogen) atoms. The number of oxime groups is 1. The molecule has 0 aliphatic rings. The lowest BCUT2D eigenvalue weighted by atomic mass is 9.93. The molecule has 0 spiro atoms. The van der Waals surface area contributed by atoms with Crippen LogP contribution in [0.25, 0.3) is 0 Å². The van der Waals surface area contributed by atoms with E-state index in [2.05, 4.69) is 9.88 Å². The van der Waals surface area contributed by atoms with Crippen LogP contribution in [0.5, 0.6) is 0 Å². The van der Waals surface area contributed by atoms with Crippen molar-refractivity contribution in [2.24, 2.45) is 16.3 Å². The fourth-order valence-corrected chi connectivity index (χ4v) is 3.12. The molecule has 1 aromatic rings. The quantitative estimate of drug-likeness (QED) is 0.330. The van der Waals surface area contributed by atoms with Gasteiger partial charge in [-0.15, -0.1) is 0 Å². The first-order valence-electron chi connectivity index (χ1n) is 6.15. The van der Waals surface area contributed by atoms with Crippen LogP contribution in [0.2, 0.25) is 0 Å². The van der Waals surface area contributed by atoms with E-state index in [4.69, 9.17) is 10.9 Å². The topological polar surface area (TPSA) is 105 Å². The van der Waals surface area contributed by atoms with Crippen LogP contribution in [0.15, 0.2) is 28.3 Å². The maximum atomic E-state index is 12.3. The van der Waals surface area contributed by atoms with Gasteiger partial charge in [-0.2, -0.15) is 0 Å². The lowest BCUT2D eigenvalue weighted by molar-refractivity contribution is 0.307. The second-order valence-corrected chi connectivity index (χ2v) is 7.20. The van der Waals surface area contributed by atoms with E-state index < -0.39 is 15.4 Å². The molecule has 0 radical (unpaired) electrons. The summed E-state index contributed by atoms with van der Waals surface area (Å²) < 4.78 is 27.1. The van der Waals surface area contributed by atoms with Crippen molar-refractivity contribution in [1.29, 1.82) is 0 Å². The van der Waals surface area contributed by atoms with Gasteiger partial charge in [-0.3, -0.25) is 0 Å². The van der Waals surface area contributed by atoms with Crippen LogP contribution in [-0.2, 0) is 10.0 Å². The van der Waals surface area contributed by atoms with Crippen molar-refractivity contribution in [2.45, 2.75) is 32.6 Å². The molecule has 0 heterocycles. The van der Waals surface area contributed by atoms with Gasteiger partial charge in [-0.1, -0.05) is 31.1 Å². The van der Waals surface area contributed by atoms with Crippen LogP contribution >= 0.6 is 0 Å². The molecule has 0 aliphatic heterocycles. The highest BCUT2D eigenvalue weighted by Crippen LogP contribution is 2.19. The summed E-state index contributed by atoms with van der Waals surface area (Å²) in [6.45, 7) is 6.99. The predicted octanol–water partition coefficient (Wildman–Crippen LogP) is 1.35. The number of nitrogens with two attached hydrogens (primary N) is 1. The smallest absolute Gasteiger partial charge is 0.240 e. The van der Waals surface area contributed by atoms with Gasteiger partial charge < -0.3 is 10.9 Å². The van der Waals surface area contributed by atoms with E-state index in [1.807, 2.05) is 13.0 Å². The Kier molecular flexibility index (Phi) is 4.77. The second kappa shape index (κ2) is 5.80. The zero-order valence-corrected chi connectivity index (χ0v) is 13.0. The largest absolute Gasteiger partial charge is 0.409 e. The zero-order chi connectivity index (χ0) is 15.6. The Morgan fingerprint density at radius 3 is 2.55 bits per heavy atom. The second-order valence-electron chi connectivity index (χ2n) is 5.46. The number of hydrogen-bond acceptors (Lipinski definition) is 4. The molecule has 0 unspecified atom stereocenters. The average molecular weight is 299 g/mol. The Morgan fingerprint density at radius 1 is 1.40 bits per heavy atom. The number of aryl methyl sites for hydroxylation is 2. The van der Waals surface area contributed by atoms with Crippen molar-refractivity contribution in [3.63, 3.8) is 0 Å². The highest BCUT2D eigenvalue weighted by Gasteiger charge is 2.27. The minimum absolute atomic E-state index is 0.0267. The lowest BCUT2D eigenvalue weighted by Gasteiger charge is -2.23. The number of hydrogen-bond donors (Lipinski definition) is 3. The number of benzene rings is 1. The summed E-state index contributed by atoms with van der Waals surface area (Å²) in [6.07, 6.45) is 0. The van der Waals surface area contributed by atoms with E-state index in [0.717, 1.165) is 5.56 Å². The van der Waals surface area contributed by atoms with Crippen LogP contribution in [-0.4, -0.2) is 26.0 Å². The van der Waals surface area contributed by atoms with Gasteiger partial charge in [0.05, 0.1) is 4.90 Å². The maximum Gasteiger partial charge on any atom is 0.240 e. The Bertz CT molecular complexity index is 622. The van der Waals surface area contributed by atoms with Crippen LogP contribution in [0.1, 0.15) is 25.0 Å². The molecule has 0 bridgehead atoms. The van der Waals surface area contributed by atoms with Crippen molar-refractivity contribution >= 4 is 15.9 Å². The Balaban J connectivity index is 3.00. The summed E-state index contributed by atoms with van der Waals surface area (Å²) in [5.74, 6) is -0.0267. The van der Waals surface area contributed by atoms with Gasteiger partial charge in [0, 0.05) is 12.0 Å². The third-order valence-corrected chi connectivity index (χ3v) is 4.68. The molecule has 0 saturated carbocycles.